The highest BCUT2D eigenvalue weighted by atomic mass is 32.1. The Bertz CT molecular complexity index is 1370. The molecule has 0 bridgehead atoms. The number of fused-ring (bicyclic) bond motifs is 1. The molecule has 0 N–H and O–H groups in total. The van der Waals surface area contributed by atoms with Crippen molar-refractivity contribution in [1.82, 2.24) is 24.6 Å². The Labute approximate surface area is 198 Å². The van der Waals surface area contributed by atoms with E-state index in [-0.39, 0.29) is 5.91 Å². The summed E-state index contributed by atoms with van der Waals surface area (Å²) in [6, 6.07) is 17.8. The smallest absolute Gasteiger partial charge is 0.257 e. The van der Waals surface area contributed by atoms with Crippen molar-refractivity contribution in [3.8, 4) is 16.3 Å². The van der Waals surface area contributed by atoms with Gasteiger partial charge in [-0.05, 0) is 35.7 Å². The summed E-state index contributed by atoms with van der Waals surface area (Å²) in [7, 11) is 0. The van der Waals surface area contributed by atoms with Gasteiger partial charge in [0.15, 0.2) is 5.13 Å². The van der Waals surface area contributed by atoms with E-state index in [9.17, 15) is 4.79 Å². The van der Waals surface area contributed by atoms with Crippen LogP contribution in [0.4, 0.5) is 5.13 Å². The van der Waals surface area contributed by atoms with E-state index < -0.39 is 0 Å². The molecular weight excluding hydrogens is 452 g/mol. The fraction of sp³-hybridized carbons (Fsp3) is 0.167. The minimum Gasteiger partial charge on any atom is -0.344 e. The molecule has 6 rings (SSSR count). The first kappa shape index (κ1) is 20.1. The molecule has 0 atom stereocenters. The average molecular weight is 473 g/mol. The third-order valence-electron chi connectivity index (χ3n) is 5.71. The van der Waals surface area contributed by atoms with Crippen LogP contribution in [0, 0.1) is 0 Å². The number of pyridine rings is 1. The highest BCUT2D eigenvalue weighted by molar-refractivity contribution is 7.21. The molecule has 1 aliphatic heterocycles. The molecule has 0 aliphatic carbocycles. The van der Waals surface area contributed by atoms with Gasteiger partial charge in [-0.2, -0.15) is 5.10 Å². The molecule has 1 aromatic carbocycles. The molecule has 7 nitrogen and oxygen atoms in total. The highest BCUT2D eigenvalue weighted by Gasteiger charge is 2.28. The van der Waals surface area contributed by atoms with Gasteiger partial charge >= 0.3 is 0 Å². The summed E-state index contributed by atoms with van der Waals surface area (Å²) in [6.07, 6.45) is 3.65. The average Bonchev–Trinajstić information content (AvgIpc) is 3.63. The fourth-order valence-corrected chi connectivity index (χ4v) is 5.69. The van der Waals surface area contributed by atoms with Gasteiger partial charge in [0.1, 0.15) is 16.0 Å². The molecule has 1 aliphatic rings. The fourth-order valence-electron chi connectivity index (χ4n) is 4.00. The lowest BCUT2D eigenvalue weighted by atomic mass is 10.1. The maximum atomic E-state index is 13.6. The molecule has 0 spiro atoms. The lowest BCUT2D eigenvalue weighted by Gasteiger charge is -2.34. The van der Waals surface area contributed by atoms with Crippen molar-refractivity contribution in [1.29, 1.82) is 0 Å². The molecule has 0 radical (unpaired) electrons. The van der Waals surface area contributed by atoms with E-state index in [4.69, 9.17) is 10.1 Å². The second-order valence-corrected chi connectivity index (χ2v) is 9.66. The van der Waals surface area contributed by atoms with Crippen LogP contribution in [0.2, 0.25) is 0 Å². The van der Waals surface area contributed by atoms with E-state index in [1.165, 1.54) is 0 Å². The molecule has 33 heavy (non-hydrogen) atoms. The first-order valence-corrected chi connectivity index (χ1v) is 12.4. The van der Waals surface area contributed by atoms with Gasteiger partial charge in [0.05, 0.1) is 16.1 Å². The maximum Gasteiger partial charge on any atom is 0.257 e. The summed E-state index contributed by atoms with van der Waals surface area (Å²) in [5, 5.41) is 7.76. The quantitative estimate of drug-likeness (QED) is 0.383. The summed E-state index contributed by atoms with van der Waals surface area (Å²) < 4.78 is 1.80. The van der Waals surface area contributed by atoms with Crippen LogP contribution in [0.1, 0.15) is 10.4 Å². The van der Waals surface area contributed by atoms with Crippen molar-refractivity contribution in [2.24, 2.45) is 0 Å². The second-order valence-electron chi connectivity index (χ2n) is 7.75. The maximum absolute atomic E-state index is 13.6. The van der Waals surface area contributed by atoms with Gasteiger partial charge in [-0.1, -0.05) is 35.6 Å². The number of thiazole rings is 1. The third-order valence-corrected chi connectivity index (χ3v) is 7.63. The molecule has 0 unspecified atom stereocenters. The van der Waals surface area contributed by atoms with Gasteiger partial charge in [0.25, 0.3) is 5.91 Å². The number of thiophene rings is 1. The van der Waals surface area contributed by atoms with Gasteiger partial charge in [0, 0.05) is 38.6 Å². The van der Waals surface area contributed by atoms with Crippen molar-refractivity contribution in [2.45, 2.75) is 0 Å². The third kappa shape index (κ3) is 3.79. The number of nitrogens with zero attached hydrogens (tertiary/aromatic N) is 6. The molecule has 5 heterocycles. The van der Waals surface area contributed by atoms with Crippen molar-refractivity contribution in [3.63, 3.8) is 0 Å². The van der Waals surface area contributed by atoms with Gasteiger partial charge in [0.2, 0.25) is 0 Å². The predicted molar refractivity (Wildman–Crippen MR) is 132 cm³/mol. The second kappa shape index (κ2) is 8.42. The zero-order chi connectivity index (χ0) is 22.2. The lowest BCUT2D eigenvalue weighted by Crippen LogP contribution is -2.48. The summed E-state index contributed by atoms with van der Waals surface area (Å²) in [6.45, 7) is 2.77. The number of carbonyl (C=O) groups excluding carboxylic acids is 1. The van der Waals surface area contributed by atoms with E-state index in [1.807, 2.05) is 71.1 Å². The Morgan fingerprint density at radius 3 is 2.55 bits per heavy atom. The number of hydrogen-bond donors (Lipinski definition) is 0. The predicted octanol–water partition coefficient (Wildman–Crippen LogP) is 4.57. The summed E-state index contributed by atoms with van der Waals surface area (Å²) >= 11 is 3.19. The SMILES string of the molecule is O=C(c1cn(-c2ccccc2)nc1-c1cccs1)N1CCN(c2nc3cccnc3s2)CC1. The topological polar surface area (TPSA) is 67.2 Å². The van der Waals surface area contributed by atoms with Crippen LogP contribution >= 0.6 is 22.7 Å². The normalized spacial score (nSPS) is 14.2. The largest absolute Gasteiger partial charge is 0.344 e. The Kier molecular flexibility index (Phi) is 5.12. The molecule has 1 fully saturated rings. The number of piperazine rings is 1. The van der Waals surface area contributed by atoms with Gasteiger partial charge in [-0.25, -0.2) is 14.6 Å². The number of anilines is 1. The minimum absolute atomic E-state index is 0.0196. The number of hydrogen-bond acceptors (Lipinski definition) is 7. The minimum atomic E-state index is 0.0196. The van der Waals surface area contributed by atoms with Crippen LogP contribution in [0.25, 0.3) is 26.6 Å². The molecule has 164 valence electrons. The molecule has 4 aromatic heterocycles. The highest BCUT2D eigenvalue weighted by Crippen LogP contribution is 2.30. The lowest BCUT2D eigenvalue weighted by molar-refractivity contribution is 0.0747. The van der Waals surface area contributed by atoms with Crippen LogP contribution in [0.15, 0.2) is 72.4 Å². The van der Waals surface area contributed by atoms with E-state index in [2.05, 4.69) is 9.88 Å². The number of amides is 1. The van der Waals surface area contributed by atoms with Gasteiger partial charge in [-0.3, -0.25) is 4.79 Å². The number of carbonyl (C=O) groups is 1. The first-order valence-electron chi connectivity index (χ1n) is 10.7. The molecule has 5 aromatic rings. The van der Waals surface area contributed by atoms with Gasteiger partial charge in [-0.15, -0.1) is 11.3 Å². The van der Waals surface area contributed by atoms with Gasteiger partial charge < -0.3 is 9.80 Å². The van der Waals surface area contributed by atoms with E-state index in [0.717, 1.165) is 44.8 Å². The standard InChI is InChI=1S/C24H20N6OS2/c31-23(28-11-13-29(14-12-28)24-26-19-8-4-10-25-22(19)33-24)18-16-30(17-6-2-1-3-7-17)27-21(18)20-9-5-15-32-20/h1-10,15-16H,11-14H2. The first-order chi connectivity index (χ1) is 16.3. The number of para-hydroxylation sites is 1. The number of aromatic nitrogens is 4. The zero-order valence-electron chi connectivity index (χ0n) is 17.7. The number of rotatable bonds is 4. The summed E-state index contributed by atoms with van der Waals surface area (Å²) in [5.74, 6) is 0.0196. The zero-order valence-corrected chi connectivity index (χ0v) is 19.3. The number of benzene rings is 1. The van der Waals surface area contributed by atoms with Crippen molar-refractivity contribution >= 4 is 44.1 Å². The van der Waals surface area contributed by atoms with Crippen molar-refractivity contribution < 1.29 is 4.79 Å². The summed E-state index contributed by atoms with van der Waals surface area (Å²) in [5.41, 5.74) is 3.23. The molecule has 1 saturated heterocycles. The molecular formula is C24H20N6OS2. The van der Waals surface area contributed by atoms with Crippen LogP contribution in [-0.2, 0) is 0 Å². The Hall–Kier alpha value is -3.56. The van der Waals surface area contributed by atoms with Crippen LogP contribution in [0.3, 0.4) is 0 Å². The van der Waals surface area contributed by atoms with Crippen molar-refractivity contribution in [3.05, 3.63) is 77.9 Å². The Morgan fingerprint density at radius 1 is 0.939 bits per heavy atom. The Morgan fingerprint density at radius 2 is 1.79 bits per heavy atom. The van der Waals surface area contributed by atoms with Crippen molar-refractivity contribution in [2.75, 3.05) is 31.1 Å². The van der Waals surface area contributed by atoms with Crippen LogP contribution in [0.5, 0.6) is 0 Å². The molecule has 1 amide bonds. The van der Waals surface area contributed by atoms with E-state index in [1.54, 1.807) is 33.6 Å². The molecule has 0 saturated carbocycles. The molecule has 9 heteroatoms. The monoisotopic (exact) mass is 472 g/mol. The van der Waals surface area contributed by atoms with Crippen LogP contribution in [-0.4, -0.2) is 56.7 Å². The van der Waals surface area contributed by atoms with E-state index >= 15 is 0 Å². The Balaban J connectivity index is 1.25. The van der Waals surface area contributed by atoms with Crippen LogP contribution < -0.4 is 4.90 Å². The summed E-state index contributed by atoms with van der Waals surface area (Å²) in [4.78, 5) is 28.8. The van der Waals surface area contributed by atoms with E-state index in [0.29, 0.717) is 18.7 Å².